The van der Waals surface area contributed by atoms with E-state index in [2.05, 4.69) is 30.0 Å². The summed E-state index contributed by atoms with van der Waals surface area (Å²) in [7, 11) is 3.13. The molecule has 0 heterocycles. The summed E-state index contributed by atoms with van der Waals surface area (Å²) in [6.45, 7) is 4.28. The van der Waals surface area contributed by atoms with Gasteiger partial charge in [0.1, 0.15) is 11.5 Å². The molecule has 0 aliphatic heterocycles. The van der Waals surface area contributed by atoms with E-state index in [1.54, 1.807) is 32.4 Å². The van der Waals surface area contributed by atoms with Crippen LogP contribution in [0.2, 0.25) is 0 Å². The number of nitrogens with one attached hydrogen (secondary N) is 3. The third-order valence-corrected chi connectivity index (χ3v) is 4.20. The number of anilines is 1. The molecule has 1 amide bonds. The minimum absolute atomic E-state index is 0.145. The first kappa shape index (κ1) is 20.5. The molecule has 144 valence electrons. The van der Waals surface area contributed by atoms with E-state index >= 15 is 0 Å². The number of ether oxygens (including phenoxy) is 2. The van der Waals surface area contributed by atoms with E-state index in [1.807, 2.05) is 24.3 Å². The number of thiocarbonyl (C=S) groups is 1. The topological polar surface area (TPSA) is 71.6 Å². The standard InChI is InChI=1S/C20H25N3O3S/c1-13(2)14-5-8-16(9-6-14)21-20(27)23-22-19(24)11-15-7-10-17(25-3)12-18(15)26-4/h5-10,12-13H,11H2,1-4H3,(H,22,24)(H2,21,23,27). The van der Waals surface area contributed by atoms with Crippen LogP contribution in [0, 0.1) is 0 Å². The normalized spacial score (nSPS) is 10.3. The lowest BCUT2D eigenvalue weighted by atomic mass is 10.0. The van der Waals surface area contributed by atoms with E-state index in [0.717, 1.165) is 11.3 Å². The molecule has 3 N–H and O–H groups in total. The minimum Gasteiger partial charge on any atom is -0.497 e. The highest BCUT2D eigenvalue weighted by Crippen LogP contribution is 2.24. The highest BCUT2D eigenvalue weighted by molar-refractivity contribution is 7.80. The van der Waals surface area contributed by atoms with Crippen molar-refractivity contribution in [3.8, 4) is 11.5 Å². The molecule has 2 rings (SSSR count). The quantitative estimate of drug-likeness (QED) is 0.521. The Bertz CT molecular complexity index is 792. The van der Waals surface area contributed by atoms with Gasteiger partial charge >= 0.3 is 0 Å². The van der Waals surface area contributed by atoms with E-state index < -0.39 is 0 Å². The van der Waals surface area contributed by atoms with Crippen molar-refractivity contribution < 1.29 is 14.3 Å². The van der Waals surface area contributed by atoms with Crippen molar-refractivity contribution in [3.05, 3.63) is 53.6 Å². The van der Waals surface area contributed by atoms with Crippen LogP contribution in [-0.4, -0.2) is 25.2 Å². The zero-order valence-corrected chi connectivity index (χ0v) is 16.8. The average molecular weight is 388 g/mol. The molecule has 0 atom stereocenters. The summed E-state index contributed by atoms with van der Waals surface area (Å²) in [6.07, 6.45) is 0.145. The van der Waals surface area contributed by atoms with E-state index in [-0.39, 0.29) is 12.3 Å². The molecular formula is C20H25N3O3S. The molecule has 0 aromatic heterocycles. The van der Waals surface area contributed by atoms with Crippen LogP contribution in [0.3, 0.4) is 0 Å². The van der Waals surface area contributed by atoms with Gasteiger partial charge in [-0.3, -0.25) is 15.6 Å². The van der Waals surface area contributed by atoms with E-state index in [1.165, 1.54) is 5.56 Å². The van der Waals surface area contributed by atoms with E-state index in [0.29, 0.717) is 22.5 Å². The maximum Gasteiger partial charge on any atom is 0.242 e. The van der Waals surface area contributed by atoms with Crippen molar-refractivity contribution in [2.24, 2.45) is 0 Å². The van der Waals surface area contributed by atoms with Crippen molar-refractivity contribution in [2.75, 3.05) is 19.5 Å². The summed E-state index contributed by atoms with van der Waals surface area (Å²) < 4.78 is 10.5. The fourth-order valence-corrected chi connectivity index (χ4v) is 2.62. The average Bonchev–Trinajstić information content (AvgIpc) is 2.67. The second kappa shape index (κ2) is 9.78. The first-order valence-electron chi connectivity index (χ1n) is 8.59. The Hall–Kier alpha value is -2.80. The van der Waals surface area contributed by atoms with Gasteiger partial charge in [0.05, 0.1) is 20.6 Å². The molecule has 0 aliphatic rings. The van der Waals surface area contributed by atoms with Gasteiger partial charge in [-0.15, -0.1) is 0 Å². The molecule has 0 fully saturated rings. The second-order valence-electron chi connectivity index (χ2n) is 6.26. The fourth-order valence-electron chi connectivity index (χ4n) is 2.46. The van der Waals surface area contributed by atoms with Crippen molar-refractivity contribution in [1.29, 1.82) is 0 Å². The van der Waals surface area contributed by atoms with Crippen LogP contribution in [0.25, 0.3) is 0 Å². The number of benzene rings is 2. The Kier molecular flexibility index (Phi) is 7.43. The van der Waals surface area contributed by atoms with Crippen LogP contribution in [0.15, 0.2) is 42.5 Å². The number of carbonyl (C=O) groups is 1. The summed E-state index contributed by atoms with van der Waals surface area (Å²) in [4.78, 5) is 12.2. The molecule has 0 radical (unpaired) electrons. The zero-order chi connectivity index (χ0) is 19.8. The minimum atomic E-state index is -0.238. The third-order valence-electron chi connectivity index (χ3n) is 4.00. The van der Waals surface area contributed by atoms with Crippen molar-refractivity contribution >= 4 is 28.9 Å². The van der Waals surface area contributed by atoms with Gasteiger partial charge < -0.3 is 14.8 Å². The number of carbonyl (C=O) groups excluding carboxylic acids is 1. The van der Waals surface area contributed by atoms with Crippen LogP contribution < -0.4 is 25.6 Å². The molecule has 2 aromatic carbocycles. The van der Waals surface area contributed by atoms with Crippen LogP contribution in [0.5, 0.6) is 11.5 Å². The molecule has 2 aromatic rings. The zero-order valence-electron chi connectivity index (χ0n) is 16.0. The number of hydrogen-bond donors (Lipinski definition) is 3. The summed E-state index contributed by atoms with van der Waals surface area (Å²) in [5, 5.41) is 3.34. The predicted molar refractivity (Wildman–Crippen MR) is 111 cm³/mol. The molecular weight excluding hydrogens is 362 g/mol. The Morgan fingerprint density at radius 1 is 1.04 bits per heavy atom. The van der Waals surface area contributed by atoms with E-state index in [4.69, 9.17) is 21.7 Å². The Labute approximate surface area is 165 Å². The Balaban J connectivity index is 1.85. The summed E-state index contributed by atoms with van der Waals surface area (Å²) in [6, 6.07) is 13.3. The number of rotatable bonds is 6. The van der Waals surface area contributed by atoms with Crippen LogP contribution in [0.1, 0.15) is 30.9 Å². The monoisotopic (exact) mass is 387 g/mol. The second-order valence-corrected chi connectivity index (χ2v) is 6.67. The lowest BCUT2D eigenvalue weighted by Gasteiger charge is -2.14. The predicted octanol–water partition coefficient (Wildman–Crippen LogP) is 3.39. The molecule has 0 saturated heterocycles. The van der Waals surface area contributed by atoms with Crippen LogP contribution in [-0.2, 0) is 11.2 Å². The first-order valence-corrected chi connectivity index (χ1v) is 9.00. The van der Waals surface area contributed by atoms with E-state index in [9.17, 15) is 4.79 Å². The molecule has 0 unspecified atom stereocenters. The number of methoxy groups -OCH3 is 2. The number of amides is 1. The maximum atomic E-state index is 12.2. The fraction of sp³-hybridized carbons (Fsp3) is 0.300. The van der Waals surface area contributed by atoms with Crippen molar-refractivity contribution in [2.45, 2.75) is 26.2 Å². The molecule has 6 nitrogen and oxygen atoms in total. The molecule has 0 bridgehead atoms. The molecule has 0 spiro atoms. The largest absolute Gasteiger partial charge is 0.497 e. The summed E-state index contributed by atoms with van der Waals surface area (Å²) >= 11 is 5.21. The maximum absolute atomic E-state index is 12.2. The highest BCUT2D eigenvalue weighted by Gasteiger charge is 2.10. The Morgan fingerprint density at radius 3 is 2.33 bits per heavy atom. The molecule has 0 aliphatic carbocycles. The van der Waals surface area contributed by atoms with Gasteiger partial charge in [-0.25, -0.2) is 0 Å². The van der Waals surface area contributed by atoms with Crippen molar-refractivity contribution in [3.63, 3.8) is 0 Å². The highest BCUT2D eigenvalue weighted by atomic mass is 32.1. The van der Waals surface area contributed by atoms with Gasteiger partial charge in [0.2, 0.25) is 5.91 Å². The molecule has 0 saturated carbocycles. The van der Waals surface area contributed by atoms with Gasteiger partial charge in [0, 0.05) is 17.3 Å². The molecule has 7 heteroatoms. The number of hydrazine groups is 1. The third kappa shape index (κ3) is 6.14. The van der Waals surface area contributed by atoms with Gasteiger partial charge in [0.15, 0.2) is 5.11 Å². The van der Waals surface area contributed by atoms with Gasteiger partial charge in [-0.05, 0) is 41.9 Å². The Morgan fingerprint density at radius 2 is 1.74 bits per heavy atom. The van der Waals surface area contributed by atoms with Crippen LogP contribution in [0.4, 0.5) is 5.69 Å². The lowest BCUT2D eigenvalue weighted by Crippen LogP contribution is -2.44. The van der Waals surface area contributed by atoms with Crippen LogP contribution >= 0.6 is 12.2 Å². The van der Waals surface area contributed by atoms with Gasteiger partial charge in [0.25, 0.3) is 0 Å². The number of hydrogen-bond acceptors (Lipinski definition) is 4. The molecule has 27 heavy (non-hydrogen) atoms. The van der Waals surface area contributed by atoms with Gasteiger partial charge in [-0.2, -0.15) is 0 Å². The SMILES string of the molecule is COc1ccc(CC(=O)NNC(=S)Nc2ccc(C(C)C)cc2)c(OC)c1. The summed E-state index contributed by atoms with van der Waals surface area (Å²) in [5.41, 5.74) is 8.14. The summed E-state index contributed by atoms with van der Waals surface area (Å²) in [5.74, 6) is 1.49. The smallest absolute Gasteiger partial charge is 0.242 e. The lowest BCUT2D eigenvalue weighted by molar-refractivity contribution is -0.121. The van der Waals surface area contributed by atoms with Gasteiger partial charge in [-0.1, -0.05) is 32.0 Å². The first-order chi connectivity index (χ1) is 12.9. The van der Waals surface area contributed by atoms with Crippen molar-refractivity contribution in [1.82, 2.24) is 10.9 Å².